The van der Waals surface area contributed by atoms with Crippen molar-refractivity contribution in [3.05, 3.63) is 0 Å². The first-order valence-corrected chi connectivity index (χ1v) is 22.4. The van der Waals surface area contributed by atoms with Gasteiger partial charge in [0.25, 0.3) is 0 Å². The summed E-state index contributed by atoms with van der Waals surface area (Å²) in [6.07, 6.45) is 34.6. The number of aliphatic hydroxyl groups is 1. The van der Waals surface area contributed by atoms with Gasteiger partial charge in [-0.15, -0.1) is 0 Å². The van der Waals surface area contributed by atoms with Gasteiger partial charge in [-0.05, 0) is 89.1 Å². The van der Waals surface area contributed by atoms with Crippen molar-refractivity contribution in [2.45, 2.75) is 219 Å². The van der Waals surface area contributed by atoms with Gasteiger partial charge in [0.15, 0.2) is 0 Å². The van der Waals surface area contributed by atoms with Crippen molar-refractivity contribution < 1.29 is 28.9 Å². The highest BCUT2D eigenvalue weighted by Crippen LogP contribution is 2.38. The highest BCUT2D eigenvalue weighted by Gasteiger charge is 2.31. The van der Waals surface area contributed by atoms with Gasteiger partial charge in [0, 0.05) is 13.0 Å². The van der Waals surface area contributed by atoms with E-state index in [2.05, 4.69) is 25.7 Å². The van der Waals surface area contributed by atoms with Gasteiger partial charge in [0.05, 0.1) is 19.8 Å². The molecule has 7 heteroatoms. The maximum atomic E-state index is 12.7. The lowest BCUT2D eigenvalue weighted by molar-refractivity contribution is -0.150. The van der Waals surface area contributed by atoms with E-state index in [0.29, 0.717) is 25.6 Å². The number of hydrogen-bond acceptors (Lipinski definition) is 7. The summed E-state index contributed by atoms with van der Waals surface area (Å²) in [5.74, 6) is 1.27. The molecule has 0 aromatic rings. The Bertz CT molecular complexity index is 763. The molecule has 2 atom stereocenters. The number of ether oxygens (including phenoxy) is 3. The minimum Gasteiger partial charge on any atom is -0.462 e. The number of carbonyl (C=O) groups excluding carboxylic acids is 2. The second kappa shape index (κ2) is 35.7. The number of nitrogens with zero attached hydrogens (tertiary/aromatic N) is 1. The van der Waals surface area contributed by atoms with E-state index in [0.717, 1.165) is 96.2 Å². The molecule has 0 spiro atoms. The SMILES string of the molecule is CCCCCCCCC(CCCCCCCC)OC(=O)CCCCCCCN(CCO)CCCCCCOC(=O)OCC1CCC1CCCCC. The summed E-state index contributed by atoms with van der Waals surface area (Å²) in [6.45, 7) is 10.6. The van der Waals surface area contributed by atoms with Crippen LogP contribution in [-0.4, -0.2) is 67.7 Å². The third-order valence-electron chi connectivity index (χ3n) is 11.1. The predicted molar refractivity (Wildman–Crippen MR) is 213 cm³/mol. The summed E-state index contributed by atoms with van der Waals surface area (Å²) in [7, 11) is 0. The second-order valence-corrected chi connectivity index (χ2v) is 15.7. The summed E-state index contributed by atoms with van der Waals surface area (Å²) in [6, 6.07) is 0. The number of carbonyl (C=O) groups is 2. The van der Waals surface area contributed by atoms with Gasteiger partial charge in [-0.1, -0.05) is 143 Å². The molecular formula is C44H85NO6. The highest BCUT2D eigenvalue weighted by molar-refractivity contribution is 5.69. The van der Waals surface area contributed by atoms with Crippen molar-refractivity contribution in [3.8, 4) is 0 Å². The maximum Gasteiger partial charge on any atom is 0.508 e. The zero-order chi connectivity index (χ0) is 37.0. The summed E-state index contributed by atoms with van der Waals surface area (Å²) < 4.78 is 16.7. The average molecular weight is 724 g/mol. The fraction of sp³-hybridized carbons (Fsp3) is 0.955. The molecule has 0 aromatic heterocycles. The molecule has 0 saturated heterocycles. The van der Waals surface area contributed by atoms with Crippen LogP contribution in [0.4, 0.5) is 4.79 Å². The first kappa shape index (κ1) is 47.7. The number of unbranched alkanes of at least 4 members (excludes halogenated alkanes) is 19. The molecule has 302 valence electrons. The van der Waals surface area contributed by atoms with Crippen molar-refractivity contribution in [1.82, 2.24) is 4.90 Å². The van der Waals surface area contributed by atoms with E-state index in [9.17, 15) is 14.7 Å². The topological polar surface area (TPSA) is 85.3 Å². The van der Waals surface area contributed by atoms with Crippen molar-refractivity contribution >= 4 is 12.1 Å². The molecule has 1 aliphatic rings. The molecule has 0 heterocycles. The minimum atomic E-state index is -0.505. The molecule has 51 heavy (non-hydrogen) atoms. The van der Waals surface area contributed by atoms with E-state index in [4.69, 9.17) is 14.2 Å². The number of hydrogen-bond donors (Lipinski definition) is 1. The van der Waals surface area contributed by atoms with Gasteiger partial charge in [-0.25, -0.2) is 4.79 Å². The highest BCUT2D eigenvalue weighted by atomic mass is 16.7. The van der Waals surface area contributed by atoms with Crippen molar-refractivity contribution in [2.24, 2.45) is 11.8 Å². The van der Waals surface area contributed by atoms with Crippen LogP contribution in [0.1, 0.15) is 213 Å². The monoisotopic (exact) mass is 724 g/mol. The zero-order valence-electron chi connectivity index (χ0n) is 34.1. The molecule has 1 fully saturated rings. The molecule has 1 N–H and O–H groups in total. The average Bonchev–Trinajstić information content (AvgIpc) is 3.11. The molecule has 0 aliphatic heterocycles. The van der Waals surface area contributed by atoms with Crippen LogP contribution in [0.15, 0.2) is 0 Å². The van der Waals surface area contributed by atoms with Crippen LogP contribution in [-0.2, 0) is 19.0 Å². The number of esters is 1. The Morgan fingerprint density at radius 3 is 1.67 bits per heavy atom. The van der Waals surface area contributed by atoms with E-state index in [-0.39, 0.29) is 18.7 Å². The summed E-state index contributed by atoms with van der Waals surface area (Å²) >= 11 is 0. The van der Waals surface area contributed by atoms with Crippen molar-refractivity contribution in [2.75, 3.05) is 39.5 Å². The smallest absolute Gasteiger partial charge is 0.462 e. The molecule has 0 aromatic carbocycles. The lowest BCUT2D eigenvalue weighted by Crippen LogP contribution is -2.31. The second-order valence-electron chi connectivity index (χ2n) is 15.7. The molecule has 7 nitrogen and oxygen atoms in total. The van der Waals surface area contributed by atoms with Crippen LogP contribution >= 0.6 is 0 Å². The Labute approximate surface area is 316 Å². The Kier molecular flexibility index (Phi) is 33.4. The Morgan fingerprint density at radius 2 is 1.10 bits per heavy atom. The number of aliphatic hydroxyl groups excluding tert-OH is 1. The molecule has 1 aliphatic carbocycles. The summed E-state index contributed by atoms with van der Waals surface area (Å²) in [5, 5.41) is 9.55. The third kappa shape index (κ3) is 28.8. The van der Waals surface area contributed by atoms with E-state index >= 15 is 0 Å². The van der Waals surface area contributed by atoms with Gasteiger partial charge < -0.3 is 24.2 Å². The van der Waals surface area contributed by atoms with Crippen molar-refractivity contribution in [1.29, 1.82) is 0 Å². The van der Waals surface area contributed by atoms with Crippen LogP contribution in [0.2, 0.25) is 0 Å². The zero-order valence-corrected chi connectivity index (χ0v) is 34.1. The Balaban J connectivity index is 2.09. The minimum absolute atomic E-state index is 0.00715. The van der Waals surface area contributed by atoms with Gasteiger partial charge in [-0.3, -0.25) is 4.79 Å². The fourth-order valence-electron chi connectivity index (χ4n) is 7.48. The van der Waals surface area contributed by atoms with E-state index in [1.807, 2.05) is 0 Å². The van der Waals surface area contributed by atoms with Crippen LogP contribution in [0.25, 0.3) is 0 Å². The molecule has 1 rings (SSSR count). The summed E-state index contributed by atoms with van der Waals surface area (Å²) in [4.78, 5) is 27.0. The maximum absolute atomic E-state index is 12.7. The lowest BCUT2D eigenvalue weighted by Gasteiger charge is -2.36. The fourth-order valence-corrected chi connectivity index (χ4v) is 7.48. The van der Waals surface area contributed by atoms with E-state index in [1.54, 1.807) is 0 Å². The first-order chi connectivity index (χ1) is 25.0. The molecule has 0 radical (unpaired) electrons. The standard InChI is InChI=1S/C44H85NO6/c1-4-7-10-12-15-22-29-42(30-23-16-13-11-8-5-2)51-43(47)31-24-17-14-18-25-34-45(36-37-46)35-26-19-20-27-38-49-44(48)50-39-41-33-32-40(41)28-21-9-6-3/h40-42,46H,4-39H2,1-3H3. The Hall–Kier alpha value is -1.34. The largest absolute Gasteiger partial charge is 0.508 e. The summed E-state index contributed by atoms with van der Waals surface area (Å²) in [5.41, 5.74) is 0. The van der Waals surface area contributed by atoms with Gasteiger partial charge >= 0.3 is 12.1 Å². The molecule has 0 amide bonds. The van der Waals surface area contributed by atoms with E-state index in [1.165, 1.54) is 116 Å². The number of rotatable bonds is 38. The normalized spacial score (nSPS) is 15.7. The van der Waals surface area contributed by atoms with Crippen molar-refractivity contribution in [3.63, 3.8) is 0 Å². The van der Waals surface area contributed by atoms with E-state index < -0.39 is 6.16 Å². The Morgan fingerprint density at radius 1 is 0.588 bits per heavy atom. The van der Waals surface area contributed by atoms with Crippen LogP contribution in [0.3, 0.4) is 0 Å². The lowest BCUT2D eigenvalue weighted by atomic mass is 9.71. The third-order valence-corrected chi connectivity index (χ3v) is 11.1. The van der Waals surface area contributed by atoms with Gasteiger partial charge in [-0.2, -0.15) is 0 Å². The van der Waals surface area contributed by atoms with Gasteiger partial charge in [0.1, 0.15) is 6.10 Å². The van der Waals surface area contributed by atoms with Crippen LogP contribution < -0.4 is 0 Å². The molecule has 1 saturated carbocycles. The van der Waals surface area contributed by atoms with Gasteiger partial charge in [0.2, 0.25) is 0 Å². The molecule has 2 unspecified atom stereocenters. The van der Waals surface area contributed by atoms with Crippen LogP contribution in [0.5, 0.6) is 0 Å². The quantitative estimate of drug-likeness (QED) is 0.0501. The first-order valence-electron chi connectivity index (χ1n) is 22.4. The molecule has 0 bridgehead atoms. The molecular weight excluding hydrogens is 638 g/mol. The van der Waals surface area contributed by atoms with Crippen LogP contribution in [0, 0.1) is 11.8 Å². The predicted octanol–water partition coefficient (Wildman–Crippen LogP) is 12.4.